The lowest BCUT2D eigenvalue weighted by Gasteiger charge is -2.13. The number of hydrogen-bond donors (Lipinski definition) is 0. The van der Waals surface area contributed by atoms with Crippen LogP contribution < -0.4 is 0 Å². The van der Waals surface area contributed by atoms with E-state index in [0.717, 1.165) is 50.4 Å². The Morgan fingerprint density at radius 1 is 0.292 bits per heavy atom. The molecule has 0 fully saturated rings. The first-order valence-electron chi connectivity index (χ1n) is 22.2. The summed E-state index contributed by atoms with van der Waals surface area (Å²) in [6.07, 6.45) is 0. The van der Waals surface area contributed by atoms with Gasteiger partial charge < -0.3 is 13.5 Å². The van der Waals surface area contributed by atoms with Crippen molar-refractivity contribution in [1.82, 2.24) is 23.5 Å². The number of benzene rings is 10. The number of fused-ring (bicyclic) bond motifs is 15. The Morgan fingerprint density at radius 2 is 0.815 bits per heavy atom. The van der Waals surface area contributed by atoms with E-state index < -0.39 is 0 Å². The summed E-state index contributed by atoms with van der Waals surface area (Å²) in [7, 11) is 0. The maximum atomic E-state index is 5.38. The highest BCUT2D eigenvalue weighted by Crippen LogP contribution is 2.47. The summed E-state index contributed by atoms with van der Waals surface area (Å²) < 4.78 is 7.32. The Hall–Kier alpha value is -8.80. The van der Waals surface area contributed by atoms with Crippen LogP contribution in [0.25, 0.3) is 137 Å². The number of nitrogens with zero attached hydrogens (tertiary/aromatic N) is 5. The molecule has 0 aliphatic rings. The summed E-state index contributed by atoms with van der Waals surface area (Å²) in [4.78, 5) is 10.8. The maximum Gasteiger partial charge on any atom is 0.0973 e. The smallest absolute Gasteiger partial charge is 0.0973 e. The van der Waals surface area contributed by atoms with Gasteiger partial charge in [0.15, 0.2) is 0 Å². The molecule has 15 rings (SSSR count). The lowest BCUT2D eigenvalue weighted by atomic mass is 10.0. The van der Waals surface area contributed by atoms with Crippen molar-refractivity contribution >= 4 is 104 Å². The van der Waals surface area contributed by atoms with Crippen LogP contribution in [0.4, 0.5) is 0 Å². The number of aromatic nitrogens is 5. The Bertz CT molecular complexity index is 4460. The summed E-state index contributed by atoms with van der Waals surface area (Å²) in [5, 5.41) is 12.5. The normalized spacial score (nSPS) is 12.3. The van der Waals surface area contributed by atoms with Crippen LogP contribution in [0.2, 0.25) is 0 Å². The van der Waals surface area contributed by atoms with Gasteiger partial charge in [-0.3, -0.25) is 0 Å². The van der Waals surface area contributed by atoms with Gasteiger partial charge in [-0.2, -0.15) is 0 Å². The third-order valence-corrected chi connectivity index (χ3v) is 13.9. The molecule has 5 heterocycles. The highest BCUT2D eigenvalue weighted by molar-refractivity contribution is 6.36. The molecule has 15 aromatic rings. The molecule has 0 atom stereocenters. The molecule has 0 spiro atoms. The maximum absolute atomic E-state index is 5.38. The molecule has 0 radical (unpaired) electrons. The topological polar surface area (TPSA) is 40.0 Å². The minimum absolute atomic E-state index is 0.851. The first-order chi connectivity index (χ1) is 32.2. The first kappa shape index (κ1) is 34.7. The zero-order chi connectivity index (χ0) is 42.3. The van der Waals surface area contributed by atoms with Crippen molar-refractivity contribution in [2.75, 3.05) is 0 Å². The van der Waals surface area contributed by atoms with Crippen molar-refractivity contribution < 1.29 is 0 Å². The van der Waals surface area contributed by atoms with Crippen LogP contribution in [-0.4, -0.2) is 23.5 Å². The van der Waals surface area contributed by atoms with Gasteiger partial charge in [-0.25, -0.2) is 9.97 Å². The lowest BCUT2D eigenvalue weighted by Crippen LogP contribution is -1.98. The van der Waals surface area contributed by atoms with Gasteiger partial charge >= 0.3 is 0 Å². The molecule has 300 valence electrons. The van der Waals surface area contributed by atoms with Crippen LogP contribution in [0.1, 0.15) is 0 Å². The monoisotopic (exact) mass is 825 g/mol. The van der Waals surface area contributed by atoms with Gasteiger partial charge in [-0.15, -0.1) is 0 Å². The fraction of sp³-hybridized carbons (Fsp3) is 0. The van der Waals surface area contributed by atoms with Gasteiger partial charge in [-0.05, 0) is 89.6 Å². The average Bonchev–Trinajstić information content (AvgIpc) is 4.09. The molecular weight excluding hydrogens is 791 g/mol. The van der Waals surface area contributed by atoms with Crippen molar-refractivity contribution in [2.24, 2.45) is 0 Å². The predicted octanol–water partition coefficient (Wildman–Crippen LogP) is 15.5. The molecule has 5 nitrogen and oxygen atoms in total. The van der Waals surface area contributed by atoms with E-state index >= 15 is 0 Å². The molecule has 0 saturated carbocycles. The van der Waals surface area contributed by atoms with Gasteiger partial charge in [0, 0.05) is 65.6 Å². The SMILES string of the molecule is c1ccc(-n2c3ccccc3c3ccc(-c4nc5ccccc5nc4-c4ccc(-n5c6cc7ccccc7cc6c6c7c8ccccc8n8c9ccccc9c(cc65)c78)cc4)cc32)cc1. The minimum atomic E-state index is 0.851. The van der Waals surface area contributed by atoms with E-state index in [1.807, 2.05) is 12.1 Å². The second-order valence-electron chi connectivity index (χ2n) is 17.3. The Balaban J connectivity index is 0.977. The van der Waals surface area contributed by atoms with E-state index in [4.69, 9.17) is 9.97 Å². The summed E-state index contributed by atoms with van der Waals surface area (Å²) in [6, 6.07) is 76.9. The summed E-state index contributed by atoms with van der Waals surface area (Å²) in [5.41, 5.74) is 16.1. The van der Waals surface area contributed by atoms with E-state index in [2.05, 4.69) is 214 Å². The second kappa shape index (κ2) is 12.9. The molecule has 0 saturated heterocycles. The summed E-state index contributed by atoms with van der Waals surface area (Å²) in [6.45, 7) is 0. The molecule has 0 bridgehead atoms. The number of hydrogen-bond acceptors (Lipinski definition) is 2. The molecule has 0 aliphatic heterocycles. The highest BCUT2D eigenvalue weighted by atomic mass is 15.0. The molecule has 0 amide bonds. The van der Waals surface area contributed by atoms with Crippen molar-refractivity contribution in [2.45, 2.75) is 0 Å². The van der Waals surface area contributed by atoms with Crippen LogP contribution in [0.3, 0.4) is 0 Å². The Morgan fingerprint density at radius 3 is 1.57 bits per heavy atom. The van der Waals surface area contributed by atoms with Crippen molar-refractivity contribution in [3.63, 3.8) is 0 Å². The quantitative estimate of drug-likeness (QED) is 0.177. The standard InChI is InChI=1S/C60H35N5/c1-2-16-40(17-3-1)63-50-23-11-6-18-42(50)44-31-28-39(34-53(44)63)59-58(61-48-21-9-10-22-49(48)62-59)36-26-29-41(30-27-36)64-54-33-38-15-5-4-14-37(38)32-47(54)56-55(64)35-46-43-19-7-12-24-51(43)65-52-25-13-8-20-45(52)57(56)60(46)65/h1-35H. The van der Waals surface area contributed by atoms with Gasteiger partial charge in [0.05, 0.1) is 61.0 Å². The largest absolute Gasteiger partial charge is 0.309 e. The molecule has 65 heavy (non-hydrogen) atoms. The van der Waals surface area contributed by atoms with Crippen molar-refractivity contribution in [3.8, 4) is 33.9 Å². The zero-order valence-electron chi connectivity index (χ0n) is 34.9. The molecule has 0 unspecified atom stereocenters. The first-order valence-corrected chi connectivity index (χ1v) is 22.2. The highest BCUT2D eigenvalue weighted by Gasteiger charge is 2.25. The van der Waals surface area contributed by atoms with Crippen LogP contribution >= 0.6 is 0 Å². The second-order valence-corrected chi connectivity index (χ2v) is 17.3. The van der Waals surface area contributed by atoms with E-state index in [1.54, 1.807) is 0 Å². The molecule has 0 N–H and O–H groups in total. The van der Waals surface area contributed by atoms with Gasteiger partial charge in [0.1, 0.15) is 0 Å². The average molecular weight is 826 g/mol. The van der Waals surface area contributed by atoms with Crippen molar-refractivity contribution in [3.05, 3.63) is 212 Å². The molecule has 5 heteroatoms. The zero-order valence-corrected chi connectivity index (χ0v) is 34.9. The number of rotatable bonds is 4. The van der Waals surface area contributed by atoms with E-state index in [9.17, 15) is 0 Å². The lowest BCUT2D eigenvalue weighted by molar-refractivity contribution is 1.18. The van der Waals surface area contributed by atoms with E-state index in [1.165, 1.54) is 87.0 Å². The fourth-order valence-electron chi connectivity index (χ4n) is 11.1. The Kier molecular flexibility index (Phi) is 6.89. The molecule has 10 aromatic carbocycles. The molecule has 5 aromatic heterocycles. The third kappa shape index (κ3) is 4.76. The minimum Gasteiger partial charge on any atom is -0.309 e. The molecule has 0 aliphatic carbocycles. The Labute approximate surface area is 371 Å². The van der Waals surface area contributed by atoms with Gasteiger partial charge in [0.2, 0.25) is 0 Å². The predicted molar refractivity (Wildman–Crippen MR) is 271 cm³/mol. The van der Waals surface area contributed by atoms with Crippen molar-refractivity contribution in [1.29, 1.82) is 0 Å². The van der Waals surface area contributed by atoms with Gasteiger partial charge in [-0.1, -0.05) is 133 Å². The summed E-state index contributed by atoms with van der Waals surface area (Å²) in [5.74, 6) is 0. The summed E-state index contributed by atoms with van der Waals surface area (Å²) >= 11 is 0. The van der Waals surface area contributed by atoms with Crippen LogP contribution in [0, 0.1) is 0 Å². The van der Waals surface area contributed by atoms with Gasteiger partial charge in [0.25, 0.3) is 0 Å². The van der Waals surface area contributed by atoms with E-state index in [0.29, 0.717) is 0 Å². The van der Waals surface area contributed by atoms with E-state index in [-0.39, 0.29) is 0 Å². The van der Waals surface area contributed by atoms with Crippen LogP contribution in [0.5, 0.6) is 0 Å². The number of para-hydroxylation sites is 6. The van der Waals surface area contributed by atoms with Crippen LogP contribution in [0.15, 0.2) is 212 Å². The third-order valence-electron chi connectivity index (χ3n) is 13.9. The van der Waals surface area contributed by atoms with Crippen LogP contribution in [-0.2, 0) is 0 Å². The fourth-order valence-corrected chi connectivity index (χ4v) is 11.1. The molecular formula is C60H35N5.